The van der Waals surface area contributed by atoms with Crippen LogP contribution in [0.15, 0.2) is 22.7 Å². The Kier molecular flexibility index (Phi) is 3.70. The molecule has 0 aliphatic rings. The molecule has 0 amide bonds. The van der Waals surface area contributed by atoms with Crippen molar-refractivity contribution in [3.8, 4) is 0 Å². The van der Waals surface area contributed by atoms with Gasteiger partial charge in [-0.2, -0.15) is 0 Å². The van der Waals surface area contributed by atoms with E-state index in [-0.39, 0.29) is 0 Å². The van der Waals surface area contributed by atoms with E-state index in [0.29, 0.717) is 5.16 Å². The van der Waals surface area contributed by atoms with E-state index in [2.05, 4.69) is 25.5 Å². The summed E-state index contributed by atoms with van der Waals surface area (Å²) < 4.78 is 1.91. The third-order valence-corrected chi connectivity index (χ3v) is 3.23. The number of aromatic nitrogens is 5. The Balaban J connectivity index is 2.11. The zero-order valence-electron chi connectivity index (χ0n) is 10.0. The molecule has 0 saturated carbocycles. The van der Waals surface area contributed by atoms with Gasteiger partial charge in [-0.3, -0.25) is 0 Å². The Bertz CT molecular complexity index is 492. The van der Waals surface area contributed by atoms with Crippen LogP contribution in [0.3, 0.4) is 0 Å². The Morgan fingerprint density at radius 3 is 2.53 bits per heavy atom. The molecule has 2 aromatic heterocycles. The van der Waals surface area contributed by atoms with Gasteiger partial charge in [0.25, 0.3) is 0 Å². The first-order chi connectivity index (χ1) is 8.20. The molecule has 0 bridgehead atoms. The summed E-state index contributed by atoms with van der Waals surface area (Å²) in [5.74, 6) is 0.874. The minimum absolute atomic E-state index is 0.681. The van der Waals surface area contributed by atoms with E-state index in [4.69, 9.17) is 0 Å². The molecule has 17 heavy (non-hydrogen) atoms. The molecular formula is C10H14N6S. The topological polar surface area (TPSA) is 68.5 Å². The van der Waals surface area contributed by atoms with Crippen LogP contribution in [-0.4, -0.2) is 31.8 Å². The highest BCUT2D eigenvalue weighted by molar-refractivity contribution is 7.99. The van der Waals surface area contributed by atoms with E-state index in [1.54, 1.807) is 0 Å². The maximum atomic E-state index is 4.27. The van der Waals surface area contributed by atoms with E-state index in [1.807, 2.05) is 38.0 Å². The molecule has 0 unspecified atom stereocenters. The van der Waals surface area contributed by atoms with Crippen LogP contribution in [0.5, 0.6) is 0 Å². The van der Waals surface area contributed by atoms with Gasteiger partial charge in [-0.25, -0.2) is 9.97 Å². The SMILES string of the molecule is CNCc1cnc(Sc2nnc(C)n2C)nc1. The number of hydrogen-bond donors (Lipinski definition) is 1. The van der Waals surface area contributed by atoms with E-state index in [9.17, 15) is 0 Å². The molecule has 0 spiro atoms. The highest BCUT2D eigenvalue weighted by Crippen LogP contribution is 2.21. The summed E-state index contributed by atoms with van der Waals surface area (Å²) in [6, 6.07) is 0. The second kappa shape index (κ2) is 5.24. The van der Waals surface area contributed by atoms with E-state index in [1.165, 1.54) is 11.8 Å². The summed E-state index contributed by atoms with van der Waals surface area (Å²) in [5.41, 5.74) is 1.06. The van der Waals surface area contributed by atoms with Crippen LogP contribution in [0, 0.1) is 6.92 Å². The third-order valence-electron chi connectivity index (χ3n) is 2.30. The zero-order valence-corrected chi connectivity index (χ0v) is 10.8. The van der Waals surface area contributed by atoms with Crippen molar-refractivity contribution in [1.82, 2.24) is 30.0 Å². The van der Waals surface area contributed by atoms with Crippen LogP contribution in [0.25, 0.3) is 0 Å². The largest absolute Gasteiger partial charge is 0.316 e. The lowest BCUT2D eigenvalue weighted by Gasteiger charge is -2.01. The summed E-state index contributed by atoms with van der Waals surface area (Å²) in [6.07, 6.45) is 3.63. The second-order valence-electron chi connectivity index (χ2n) is 3.60. The number of aryl methyl sites for hydroxylation is 1. The highest BCUT2D eigenvalue weighted by atomic mass is 32.2. The average molecular weight is 250 g/mol. The van der Waals surface area contributed by atoms with Crippen molar-refractivity contribution >= 4 is 11.8 Å². The Hall–Kier alpha value is -1.47. The van der Waals surface area contributed by atoms with Gasteiger partial charge in [0.15, 0.2) is 10.3 Å². The minimum Gasteiger partial charge on any atom is -0.316 e. The first kappa shape index (κ1) is 12.0. The summed E-state index contributed by atoms with van der Waals surface area (Å²) in [6.45, 7) is 2.68. The molecule has 0 aliphatic heterocycles. The summed E-state index contributed by atoms with van der Waals surface area (Å²) in [4.78, 5) is 8.55. The maximum Gasteiger partial charge on any atom is 0.198 e. The minimum atomic E-state index is 0.681. The van der Waals surface area contributed by atoms with Gasteiger partial charge >= 0.3 is 0 Å². The fourth-order valence-electron chi connectivity index (χ4n) is 1.25. The molecule has 0 fully saturated rings. The molecule has 0 radical (unpaired) electrons. The van der Waals surface area contributed by atoms with Crippen LogP contribution in [0.2, 0.25) is 0 Å². The van der Waals surface area contributed by atoms with Crippen LogP contribution < -0.4 is 5.32 Å². The van der Waals surface area contributed by atoms with Gasteiger partial charge in [0, 0.05) is 31.5 Å². The molecule has 2 aromatic rings. The van der Waals surface area contributed by atoms with Gasteiger partial charge in [0.05, 0.1) is 0 Å². The van der Waals surface area contributed by atoms with Crippen molar-refractivity contribution in [2.75, 3.05) is 7.05 Å². The van der Waals surface area contributed by atoms with Crippen molar-refractivity contribution in [3.05, 3.63) is 23.8 Å². The Morgan fingerprint density at radius 1 is 1.29 bits per heavy atom. The van der Waals surface area contributed by atoms with Crippen molar-refractivity contribution in [1.29, 1.82) is 0 Å². The van der Waals surface area contributed by atoms with Gasteiger partial charge in [-0.15, -0.1) is 10.2 Å². The van der Waals surface area contributed by atoms with Gasteiger partial charge in [0.1, 0.15) is 5.82 Å². The quantitative estimate of drug-likeness (QED) is 0.809. The number of rotatable bonds is 4. The Labute approximate surface area is 104 Å². The molecule has 0 atom stereocenters. The maximum absolute atomic E-state index is 4.27. The lowest BCUT2D eigenvalue weighted by molar-refractivity contribution is 0.759. The average Bonchev–Trinajstić information content (AvgIpc) is 2.64. The second-order valence-corrected chi connectivity index (χ2v) is 4.53. The molecule has 1 N–H and O–H groups in total. The molecule has 0 aromatic carbocycles. The first-order valence-electron chi connectivity index (χ1n) is 5.20. The van der Waals surface area contributed by atoms with Crippen LogP contribution in [-0.2, 0) is 13.6 Å². The molecule has 6 nitrogen and oxygen atoms in total. The van der Waals surface area contributed by atoms with Gasteiger partial charge in [-0.1, -0.05) is 0 Å². The van der Waals surface area contributed by atoms with Crippen molar-refractivity contribution in [3.63, 3.8) is 0 Å². The van der Waals surface area contributed by atoms with E-state index < -0.39 is 0 Å². The molecule has 90 valence electrons. The van der Waals surface area contributed by atoms with Gasteiger partial charge < -0.3 is 9.88 Å². The molecule has 2 rings (SSSR count). The van der Waals surface area contributed by atoms with Crippen molar-refractivity contribution in [2.45, 2.75) is 23.8 Å². The lowest BCUT2D eigenvalue weighted by atomic mass is 10.3. The summed E-state index contributed by atoms with van der Waals surface area (Å²) in [7, 11) is 3.82. The summed E-state index contributed by atoms with van der Waals surface area (Å²) in [5, 5.41) is 12.6. The van der Waals surface area contributed by atoms with Gasteiger partial charge in [0.2, 0.25) is 0 Å². The molecule has 0 aliphatic carbocycles. The van der Waals surface area contributed by atoms with Gasteiger partial charge in [-0.05, 0) is 25.7 Å². The van der Waals surface area contributed by atoms with Crippen LogP contribution in [0.4, 0.5) is 0 Å². The normalized spacial score (nSPS) is 10.8. The zero-order chi connectivity index (χ0) is 12.3. The van der Waals surface area contributed by atoms with E-state index in [0.717, 1.165) is 23.1 Å². The standard InChI is InChI=1S/C10H14N6S/c1-7-14-15-10(16(7)3)17-9-12-5-8(4-11-2)6-13-9/h5-6,11H,4H2,1-3H3. The number of nitrogens with zero attached hydrogens (tertiary/aromatic N) is 5. The fraction of sp³-hybridized carbons (Fsp3) is 0.400. The lowest BCUT2D eigenvalue weighted by Crippen LogP contribution is -2.06. The number of nitrogens with one attached hydrogen (secondary N) is 1. The molecule has 0 saturated heterocycles. The predicted molar refractivity (Wildman–Crippen MR) is 64.7 cm³/mol. The first-order valence-corrected chi connectivity index (χ1v) is 6.01. The van der Waals surface area contributed by atoms with Crippen molar-refractivity contribution in [2.24, 2.45) is 7.05 Å². The fourth-order valence-corrected chi connectivity index (χ4v) is 1.97. The smallest absolute Gasteiger partial charge is 0.198 e. The van der Waals surface area contributed by atoms with E-state index >= 15 is 0 Å². The van der Waals surface area contributed by atoms with Crippen LogP contribution >= 0.6 is 11.8 Å². The number of hydrogen-bond acceptors (Lipinski definition) is 6. The third kappa shape index (κ3) is 2.80. The molecule has 7 heteroatoms. The molecule has 2 heterocycles. The Morgan fingerprint density at radius 2 is 2.00 bits per heavy atom. The van der Waals surface area contributed by atoms with Crippen LogP contribution in [0.1, 0.15) is 11.4 Å². The molecular weight excluding hydrogens is 236 g/mol. The predicted octanol–water partition coefficient (Wildman–Crippen LogP) is 0.784. The monoisotopic (exact) mass is 250 g/mol. The summed E-state index contributed by atoms with van der Waals surface area (Å²) >= 11 is 1.41. The van der Waals surface area contributed by atoms with Crippen molar-refractivity contribution < 1.29 is 0 Å². The highest BCUT2D eigenvalue weighted by Gasteiger charge is 2.08.